The average molecular weight is 221 g/mol. The molecule has 1 aromatic rings. The van der Waals surface area contributed by atoms with Gasteiger partial charge in [0.15, 0.2) is 0 Å². The summed E-state index contributed by atoms with van der Waals surface area (Å²) in [5.74, 6) is 0.780. The first-order valence-corrected chi connectivity index (χ1v) is 6.19. The van der Waals surface area contributed by atoms with Crippen LogP contribution in [0.15, 0.2) is 18.2 Å². The molecule has 0 saturated heterocycles. The van der Waals surface area contributed by atoms with E-state index in [0.29, 0.717) is 10.9 Å². The Morgan fingerprint density at radius 3 is 3.07 bits per heavy atom. The first kappa shape index (κ1) is 11.9. The van der Waals surface area contributed by atoms with Gasteiger partial charge >= 0.3 is 0 Å². The number of rotatable bonds is 5. The molecule has 0 aliphatic rings. The van der Waals surface area contributed by atoms with E-state index in [2.05, 4.69) is 23.5 Å². The van der Waals surface area contributed by atoms with Gasteiger partial charge < -0.3 is 5.32 Å². The lowest BCUT2D eigenvalue weighted by molar-refractivity contribution is 0.850. The van der Waals surface area contributed by atoms with E-state index in [9.17, 15) is 0 Å². The summed E-state index contributed by atoms with van der Waals surface area (Å²) in [6.45, 7) is 3.09. The lowest BCUT2D eigenvalue weighted by Gasteiger charge is -2.09. The fraction of sp³-hybridized carbons (Fsp3) is 0.455. The second-order valence-electron chi connectivity index (χ2n) is 3.28. The lowest BCUT2D eigenvalue weighted by atomic mass is 10.3. The Morgan fingerprint density at radius 1 is 1.60 bits per heavy atom. The van der Waals surface area contributed by atoms with Crippen molar-refractivity contribution in [1.29, 1.82) is 5.26 Å². The van der Waals surface area contributed by atoms with Crippen LogP contribution in [0.5, 0.6) is 0 Å². The Labute approximate surface area is 94.9 Å². The summed E-state index contributed by atoms with van der Waals surface area (Å²) >= 11 is 1.85. The highest BCUT2D eigenvalue weighted by Crippen LogP contribution is 2.10. The largest absolute Gasteiger partial charge is 0.370 e. The first-order valence-electron chi connectivity index (χ1n) is 4.90. The fourth-order valence-corrected chi connectivity index (χ4v) is 1.47. The Bertz CT molecular complexity index is 346. The third-order valence-electron chi connectivity index (χ3n) is 2.12. The molecule has 80 valence electrons. The highest BCUT2D eigenvalue weighted by atomic mass is 32.2. The van der Waals surface area contributed by atoms with E-state index in [-0.39, 0.29) is 0 Å². The summed E-state index contributed by atoms with van der Waals surface area (Å²) in [5.41, 5.74) is 0.456. The first-order chi connectivity index (χ1) is 7.26. The highest BCUT2D eigenvalue weighted by molar-refractivity contribution is 7.99. The molecule has 1 rings (SSSR count). The van der Waals surface area contributed by atoms with E-state index < -0.39 is 0 Å². The minimum atomic E-state index is 0.456. The van der Waals surface area contributed by atoms with E-state index in [1.54, 1.807) is 6.07 Å². The number of aromatic nitrogens is 1. The molecule has 0 spiro atoms. The second-order valence-corrected chi connectivity index (χ2v) is 4.56. The third-order valence-corrected chi connectivity index (χ3v) is 3.16. The van der Waals surface area contributed by atoms with E-state index >= 15 is 0 Å². The van der Waals surface area contributed by atoms with Gasteiger partial charge in [-0.3, -0.25) is 0 Å². The van der Waals surface area contributed by atoms with Gasteiger partial charge in [0.25, 0.3) is 0 Å². The van der Waals surface area contributed by atoms with Crippen molar-refractivity contribution >= 4 is 17.6 Å². The predicted octanol–water partition coefficient (Wildman–Crippen LogP) is 2.51. The van der Waals surface area contributed by atoms with Crippen LogP contribution in [0.1, 0.15) is 19.0 Å². The molecule has 1 unspecified atom stereocenters. The maximum atomic E-state index is 8.67. The number of pyridine rings is 1. The van der Waals surface area contributed by atoms with Crippen molar-refractivity contribution in [2.45, 2.75) is 18.6 Å². The molecule has 1 N–H and O–H groups in total. The number of nitrogens with zero attached hydrogens (tertiary/aromatic N) is 2. The second kappa shape index (κ2) is 6.31. The molecule has 1 atom stereocenters. The number of hydrogen-bond acceptors (Lipinski definition) is 4. The van der Waals surface area contributed by atoms with Crippen LogP contribution in [0.25, 0.3) is 0 Å². The molecular weight excluding hydrogens is 206 g/mol. The summed E-state index contributed by atoms with van der Waals surface area (Å²) in [6, 6.07) is 7.45. The number of thioether (sulfide) groups is 1. The van der Waals surface area contributed by atoms with Crippen molar-refractivity contribution in [3.05, 3.63) is 23.9 Å². The number of anilines is 1. The van der Waals surface area contributed by atoms with Crippen LogP contribution in [-0.4, -0.2) is 23.0 Å². The number of hydrogen-bond donors (Lipinski definition) is 1. The lowest BCUT2D eigenvalue weighted by Crippen LogP contribution is -2.08. The topological polar surface area (TPSA) is 48.7 Å². The van der Waals surface area contributed by atoms with Crippen molar-refractivity contribution in [2.24, 2.45) is 0 Å². The summed E-state index contributed by atoms with van der Waals surface area (Å²) in [4.78, 5) is 4.13. The zero-order valence-electron chi connectivity index (χ0n) is 9.03. The summed E-state index contributed by atoms with van der Waals surface area (Å²) in [5, 5.41) is 12.5. The van der Waals surface area contributed by atoms with Gasteiger partial charge in [-0.15, -0.1) is 0 Å². The summed E-state index contributed by atoms with van der Waals surface area (Å²) < 4.78 is 0. The third kappa shape index (κ3) is 4.22. The van der Waals surface area contributed by atoms with Crippen LogP contribution in [0.2, 0.25) is 0 Å². The van der Waals surface area contributed by atoms with Crippen molar-refractivity contribution in [1.82, 2.24) is 4.98 Å². The minimum Gasteiger partial charge on any atom is -0.370 e. The van der Waals surface area contributed by atoms with Crippen LogP contribution in [0, 0.1) is 11.3 Å². The zero-order chi connectivity index (χ0) is 11.1. The van der Waals surface area contributed by atoms with Gasteiger partial charge in [0.05, 0.1) is 0 Å². The normalized spacial score (nSPS) is 11.8. The van der Waals surface area contributed by atoms with Crippen molar-refractivity contribution in [2.75, 3.05) is 18.1 Å². The molecule has 0 saturated carbocycles. The predicted molar refractivity (Wildman–Crippen MR) is 65.0 cm³/mol. The van der Waals surface area contributed by atoms with Gasteiger partial charge in [0.2, 0.25) is 0 Å². The molecule has 0 aliphatic carbocycles. The molecule has 15 heavy (non-hydrogen) atoms. The monoisotopic (exact) mass is 221 g/mol. The molecule has 4 heteroatoms. The SMILES string of the molecule is CSC(C)CCNc1cccc(C#N)n1. The molecule has 1 aromatic heterocycles. The standard InChI is InChI=1S/C11H15N3S/c1-9(15-2)6-7-13-11-5-3-4-10(8-12)14-11/h3-5,9H,6-7H2,1-2H3,(H,13,14). The van der Waals surface area contributed by atoms with Crippen molar-refractivity contribution in [3.63, 3.8) is 0 Å². The van der Waals surface area contributed by atoms with Crippen LogP contribution in [0.3, 0.4) is 0 Å². The van der Waals surface area contributed by atoms with E-state index in [1.165, 1.54) is 0 Å². The smallest absolute Gasteiger partial charge is 0.142 e. The highest BCUT2D eigenvalue weighted by Gasteiger charge is 1.99. The maximum absolute atomic E-state index is 8.67. The quantitative estimate of drug-likeness (QED) is 0.830. The van der Waals surface area contributed by atoms with Crippen LogP contribution >= 0.6 is 11.8 Å². The Kier molecular flexibility index (Phi) is 4.99. The molecule has 0 aliphatic heterocycles. The van der Waals surface area contributed by atoms with E-state index in [1.807, 2.05) is 30.0 Å². The van der Waals surface area contributed by atoms with Gasteiger partial charge in [0, 0.05) is 11.8 Å². The van der Waals surface area contributed by atoms with Crippen LogP contribution in [0.4, 0.5) is 5.82 Å². The molecule has 0 fully saturated rings. The summed E-state index contributed by atoms with van der Waals surface area (Å²) in [7, 11) is 0. The molecular formula is C11H15N3S. The molecule has 0 radical (unpaired) electrons. The van der Waals surface area contributed by atoms with Gasteiger partial charge in [-0.2, -0.15) is 17.0 Å². The van der Waals surface area contributed by atoms with Crippen LogP contribution < -0.4 is 5.32 Å². The Hall–Kier alpha value is -1.21. The summed E-state index contributed by atoms with van der Waals surface area (Å²) in [6.07, 6.45) is 3.21. The van der Waals surface area contributed by atoms with Crippen LogP contribution in [-0.2, 0) is 0 Å². The maximum Gasteiger partial charge on any atom is 0.142 e. The average Bonchev–Trinajstić information content (AvgIpc) is 2.29. The van der Waals surface area contributed by atoms with Gasteiger partial charge in [0.1, 0.15) is 17.6 Å². The molecule has 3 nitrogen and oxygen atoms in total. The van der Waals surface area contributed by atoms with Gasteiger partial charge in [-0.25, -0.2) is 4.98 Å². The van der Waals surface area contributed by atoms with E-state index in [4.69, 9.17) is 5.26 Å². The Morgan fingerprint density at radius 2 is 2.40 bits per heavy atom. The Balaban J connectivity index is 2.41. The molecule has 1 heterocycles. The molecule has 0 amide bonds. The van der Waals surface area contributed by atoms with Crippen molar-refractivity contribution < 1.29 is 0 Å². The number of nitrogens with one attached hydrogen (secondary N) is 1. The molecule has 0 aromatic carbocycles. The van der Waals surface area contributed by atoms with E-state index in [0.717, 1.165) is 18.8 Å². The van der Waals surface area contributed by atoms with Crippen molar-refractivity contribution in [3.8, 4) is 6.07 Å². The van der Waals surface area contributed by atoms with Gasteiger partial charge in [-0.1, -0.05) is 13.0 Å². The molecule has 0 bridgehead atoms. The fourth-order valence-electron chi connectivity index (χ4n) is 1.12. The van der Waals surface area contributed by atoms with Gasteiger partial charge in [-0.05, 0) is 24.8 Å². The zero-order valence-corrected chi connectivity index (χ0v) is 9.84. The minimum absolute atomic E-state index is 0.456. The number of nitriles is 1.